The van der Waals surface area contributed by atoms with Gasteiger partial charge in [-0.3, -0.25) is 4.79 Å². The van der Waals surface area contributed by atoms with Crippen LogP contribution in [-0.2, 0) is 7.05 Å². The molecule has 2 fully saturated rings. The van der Waals surface area contributed by atoms with E-state index in [2.05, 4.69) is 20.4 Å². The molecule has 2 N–H and O–H groups in total. The number of carbonyl (C=O) groups is 1. The first kappa shape index (κ1) is 18.0. The van der Waals surface area contributed by atoms with Crippen LogP contribution in [0, 0.1) is 0 Å². The van der Waals surface area contributed by atoms with Crippen molar-refractivity contribution in [2.24, 2.45) is 12.8 Å². The molecule has 0 bridgehead atoms. The number of nitrogens with two attached hydrogens (primary N) is 1. The zero-order chi connectivity index (χ0) is 20.0. The molecule has 2 saturated heterocycles. The van der Waals surface area contributed by atoms with Crippen molar-refractivity contribution in [3.8, 4) is 11.3 Å². The Kier molecular flexibility index (Phi) is 4.38. The van der Waals surface area contributed by atoms with Gasteiger partial charge in [-0.15, -0.1) is 0 Å². The van der Waals surface area contributed by atoms with Crippen LogP contribution in [0.15, 0.2) is 30.3 Å². The van der Waals surface area contributed by atoms with Gasteiger partial charge >= 0.3 is 0 Å². The summed E-state index contributed by atoms with van der Waals surface area (Å²) in [4.78, 5) is 26.1. The summed E-state index contributed by atoms with van der Waals surface area (Å²) < 4.78 is 2.13. The number of benzene rings is 1. The number of hydrogen-bond acceptors (Lipinski definition) is 5. The number of hydrogen-bond donors (Lipinski definition) is 1. The van der Waals surface area contributed by atoms with Gasteiger partial charge < -0.3 is 20.1 Å². The van der Waals surface area contributed by atoms with Crippen molar-refractivity contribution in [3.05, 3.63) is 35.9 Å². The van der Waals surface area contributed by atoms with Gasteiger partial charge in [0.2, 0.25) is 11.9 Å². The van der Waals surface area contributed by atoms with Crippen molar-refractivity contribution in [3.63, 3.8) is 0 Å². The molecule has 29 heavy (non-hydrogen) atoms. The van der Waals surface area contributed by atoms with Crippen molar-refractivity contribution in [2.45, 2.75) is 25.7 Å². The molecule has 2 aliphatic rings. The molecule has 0 aliphatic carbocycles. The van der Waals surface area contributed by atoms with Gasteiger partial charge in [-0.25, -0.2) is 0 Å². The maximum atomic E-state index is 11.4. The predicted octanol–water partition coefficient (Wildman–Crippen LogP) is 2.93. The lowest BCUT2D eigenvalue weighted by Crippen LogP contribution is -2.24. The lowest BCUT2D eigenvalue weighted by Gasteiger charge is -2.21. The number of aromatic nitrogens is 3. The van der Waals surface area contributed by atoms with Crippen molar-refractivity contribution < 1.29 is 4.79 Å². The monoisotopic (exact) mass is 390 g/mol. The quantitative estimate of drug-likeness (QED) is 0.741. The fourth-order valence-electron chi connectivity index (χ4n) is 4.48. The van der Waals surface area contributed by atoms with Gasteiger partial charge in [-0.1, -0.05) is 12.1 Å². The molecule has 150 valence electrons. The lowest BCUT2D eigenvalue weighted by atomic mass is 10.1. The number of aryl methyl sites for hydroxylation is 1. The van der Waals surface area contributed by atoms with E-state index in [0.29, 0.717) is 5.56 Å². The Hall–Kier alpha value is -3.09. The first-order valence-corrected chi connectivity index (χ1v) is 10.4. The van der Waals surface area contributed by atoms with E-state index < -0.39 is 5.91 Å². The summed E-state index contributed by atoms with van der Waals surface area (Å²) in [6.45, 7) is 4.14. The smallest absolute Gasteiger partial charge is 0.248 e. The van der Waals surface area contributed by atoms with E-state index in [1.54, 1.807) is 12.1 Å². The zero-order valence-electron chi connectivity index (χ0n) is 16.8. The van der Waals surface area contributed by atoms with Crippen molar-refractivity contribution in [2.75, 3.05) is 36.0 Å². The number of nitrogens with zero attached hydrogens (tertiary/aromatic N) is 5. The van der Waals surface area contributed by atoms with Gasteiger partial charge in [-0.2, -0.15) is 9.97 Å². The molecule has 0 unspecified atom stereocenters. The van der Waals surface area contributed by atoms with Crippen LogP contribution in [0.25, 0.3) is 22.3 Å². The van der Waals surface area contributed by atoms with Crippen molar-refractivity contribution in [1.82, 2.24) is 14.5 Å². The molecule has 4 heterocycles. The standard InChI is InChI=1S/C22H26N6O/c1-26-18(15-6-8-16(9-7-15)19(23)29)14-17-20(26)24-22(28-12-4-5-13-28)25-21(17)27-10-2-3-11-27/h6-9,14H,2-5,10-13H2,1H3,(H2,23,29). The van der Waals surface area contributed by atoms with Crippen molar-refractivity contribution >= 4 is 28.7 Å². The normalized spacial score (nSPS) is 16.9. The molecule has 0 spiro atoms. The summed E-state index contributed by atoms with van der Waals surface area (Å²) in [5.41, 5.74) is 8.95. The van der Waals surface area contributed by atoms with Crippen LogP contribution in [0.3, 0.4) is 0 Å². The van der Waals surface area contributed by atoms with E-state index in [9.17, 15) is 4.79 Å². The van der Waals surface area contributed by atoms with Crippen LogP contribution in [0.2, 0.25) is 0 Å². The highest BCUT2D eigenvalue weighted by atomic mass is 16.1. The average molecular weight is 390 g/mol. The number of primary amides is 1. The van der Waals surface area contributed by atoms with Gasteiger partial charge in [0.1, 0.15) is 11.5 Å². The SMILES string of the molecule is Cn1c(-c2ccc(C(N)=O)cc2)cc2c(N3CCCC3)nc(N3CCCC3)nc21. The third-order valence-electron chi connectivity index (χ3n) is 6.11. The van der Waals surface area contributed by atoms with Gasteiger partial charge in [0.05, 0.1) is 11.1 Å². The summed E-state index contributed by atoms with van der Waals surface area (Å²) in [7, 11) is 2.05. The first-order valence-electron chi connectivity index (χ1n) is 10.4. The van der Waals surface area contributed by atoms with E-state index in [4.69, 9.17) is 15.7 Å². The Morgan fingerprint density at radius 3 is 2.17 bits per heavy atom. The highest BCUT2D eigenvalue weighted by Crippen LogP contribution is 2.35. The number of anilines is 2. The van der Waals surface area contributed by atoms with Crippen LogP contribution in [0.5, 0.6) is 0 Å². The third-order valence-corrected chi connectivity index (χ3v) is 6.11. The molecular formula is C22H26N6O. The van der Waals surface area contributed by atoms with Gasteiger partial charge in [0.15, 0.2) is 0 Å². The number of amides is 1. The molecule has 0 saturated carbocycles. The molecule has 1 aromatic carbocycles. The third kappa shape index (κ3) is 3.10. The van der Waals surface area contributed by atoms with Gasteiger partial charge in [0, 0.05) is 38.8 Å². The highest BCUT2D eigenvalue weighted by Gasteiger charge is 2.24. The van der Waals surface area contributed by atoms with Gasteiger partial charge in [0.25, 0.3) is 0 Å². The van der Waals surface area contributed by atoms with Crippen LogP contribution >= 0.6 is 0 Å². The molecule has 1 amide bonds. The maximum Gasteiger partial charge on any atom is 0.248 e. The highest BCUT2D eigenvalue weighted by molar-refractivity contribution is 5.95. The Bertz CT molecular complexity index is 1060. The van der Waals surface area contributed by atoms with Crippen LogP contribution in [-0.4, -0.2) is 46.6 Å². The molecule has 7 heteroatoms. The molecule has 2 aliphatic heterocycles. The van der Waals surface area contributed by atoms with E-state index in [-0.39, 0.29) is 0 Å². The van der Waals surface area contributed by atoms with Crippen molar-refractivity contribution in [1.29, 1.82) is 0 Å². The van der Waals surface area contributed by atoms with Gasteiger partial charge in [-0.05, 0) is 49.4 Å². The average Bonchev–Trinajstić information content (AvgIpc) is 3.49. The Balaban J connectivity index is 1.65. The van der Waals surface area contributed by atoms with Crippen LogP contribution in [0.4, 0.5) is 11.8 Å². The zero-order valence-corrected chi connectivity index (χ0v) is 16.8. The second kappa shape index (κ2) is 7.06. The Labute approximate surface area is 170 Å². The number of rotatable bonds is 4. The summed E-state index contributed by atoms with van der Waals surface area (Å²) >= 11 is 0. The minimum absolute atomic E-state index is 0.411. The first-order chi connectivity index (χ1) is 14.1. The summed E-state index contributed by atoms with van der Waals surface area (Å²) in [5.74, 6) is 1.48. The van der Waals surface area contributed by atoms with Crippen LogP contribution in [0.1, 0.15) is 36.0 Å². The molecule has 0 atom stereocenters. The molecule has 7 nitrogen and oxygen atoms in total. The fraction of sp³-hybridized carbons (Fsp3) is 0.409. The maximum absolute atomic E-state index is 11.4. The fourth-order valence-corrected chi connectivity index (χ4v) is 4.48. The minimum atomic E-state index is -0.411. The van der Waals surface area contributed by atoms with Crippen LogP contribution < -0.4 is 15.5 Å². The van der Waals surface area contributed by atoms with E-state index in [1.165, 1.54) is 25.7 Å². The molecule has 5 rings (SSSR count). The minimum Gasteiger partial charge on any atom is -0.366 e. The Morgan fingerprint density at radius 1 is 0.931 bits per heavy atom. The summed E-state index contributed by atoms with van der Waals surface area (Å²) in [6, 6.07) is 9.61. The van der Waals surface area contributed by atoms with E-state index >= 15 is 0 Å². The second-order valence-electron chi connectivity index (χ2n) is 8.00. The molecule has 2 aromatic heterocycles. The summed E-state index contributed by atoms with van der Waals surface area (Å²) in [5, 5.41) is 1.09. The molecular weight excluding hydrogens is 364 g/mol. The predicted molar refractivity (Wildman–Crippen MR) is 115 cm³/mol. The second-order valence-corrected chi connectivity index (χ2v) is 8.00. The topological polar surface area (TPSA) is 80.3 Å². The molecule has 3 aromatic rings. The number of fused-ring (bicyclic) bond motifs is 1. The largest absolute Gasteiger partial charge is 0.366 e. The lowest BCUT2D eigenvalue weighted by molar-refractivity contribution is 0.100. The Morgan fingerprint density at radius 2 is 1.55 bits per heavy atom. The summed E-state index contributed by atoms with van der Waals surface area (Å²) in [6.07, 6.45) is 4.81. The van der Waals surface area contributed by atoms with E-state index in [0.717, 1.165) is 60.2 Å². The number of carbonyl (C=O) groups excluding carboxylic acids is 1. The van der Waals surface area contributed by atoms with E-state index in [1.807, 2.05) is 19.2 Å². The molecule has 0 radical (unpaired) electrons.